The van der Waals surface area contributed by atoms with Crippen LogP contribution in [0.2, 0.25) is 0 Å². The van der Waals surface area contributed by atoms with E-state index in [0.717, 1.165) is 0 Å². The van der Waals surface area contributed by atoms with E-state index in [0.29, 0.717) is 35.2 Å². The van der Waals surface area contributed by atoms with Crippen LogP contribution in [0.5, 0.6) is 11.5 Å². The predicted molar refractivity (Wildman–Crippen MR) is 92.3 cm³/mol. The molecule has 0 radical (unpaired) electrons. The minimum atomic E-state index is -0.653. The highest BCUT2D eigenvalue weighted by molar-refractivity contribution is 5.93. The summed E-state index contributed by atoms with van der Waals surface area (Å²) in [7, 11) is 4.31. The summed E-state index contributed by atoms with van der Waals surface area (Å²) < 4.78 is 15.0. The molecule has 1 fully saturated rings. The highest BCUT2D eigenvalue weighted by atomic mass is 16.5. The number of nitrogens with one attached hydrogen (secondary N) is 3. The molecule has 9 nitrogen and oxygen atoms in total. The Morgan fingerprint density at radius 2 is 2.04 bits per heavy atom. The van der Waals surface area contributed by atoms with Crippen molar-refractivity contribution < 1.29 is 33.5 Å². The fourth-order valence-electron chi connectivity index (χ4n) is 2.83. The first-order chi connectivity index (χ1) is 12.5. The van der Waals surface area contributed by atoms with Gasteiger partial charge >= 0.3 is 5.97 Å². The minimum absolute atomic E-state index is 0.0459. The number of esters is 1. The van der Waals surface area contributed by atoms with E-state index in [-0.39, 0.29) is 24.8 Å². The minimum Gasteiger partial charge on any atom is -0.497 e. The zero-order chi connectivity index (χ0) is 19.1. The monoisotopic (exact) mass is 366 g/mol. The largest absolute Gasteiger partial charge is 0.497 e. The quantitative estimate of drug-likeness (QED) is 0.512. The lowest BCUT2D eigenvalue weighted by Crippen LogP contribution is -3.20. The molecule has 0 bridgehead atoms. The molecule has 1 saturated heterocycles. The molecule has 1 aliphatic heterocycles. The van der Waals surface area contributed by atoms with E-state index >= 15 is 0 Å². The van der Waals surface area contributed by atoms with Crippen molar-refractivity contribution in [3.8, 4) is 11.5 Å². The summed E-state index contributed by atoms with van der Waals surface area (Å²) in [6.07, 6.45) is -0.0726. The smallest absolute Gasteiger partial charge is 0.312 e. The van der Waals surface area contributed by atoms with E-state index in [9.17, 15) is 14.4 Å². The van der Waals surface area contributed by atoms with Gasteiger partial charge in [-0.15, -0.1) is 0 Å². The zero-order valence-corrected chi connectivity index (χ0v) is 15.1. The summed E-state index contributed by atoms with van der Waals surface area (Å²) in [5, 5.41) is 5.49. The molecule has 142 valence electrons. The van der Waals surface area contributed by atoms with Crippen LogP contribution in [-0.2, 0) is 19.1 Å². The Balaban J connectivity index is 2.05. The number of carbonyl (C=O) groups excluding carboxylic acids is 3. The van der Waals surface area contributed by atoms with E-state index in [1.165, 1.54) is 14.2 Å². The molecule has 0 saturated carbocycles. The molecule has 1 aliphatic rings. The zero-order valence-electron chi connectivity index (χ0n) is 15.1. The van der Waals surface area contributed by atoms with Gasteiger partial charge in [-0.3, -0.25) is 14.4 Å². The third kappa shape index (κ3) is 4.85. The molecule has 2 amide bonds. The van der Waals surface area contributed by atoms with Gasteiger partial charge in [0.1, 0.15) is 17.9 Å². The van der Waals surface area contributed by atoms with Crippen LogP contribution in [0.3, 0.4) is 0 Å². The Bertz CT molecular complexity index is 678. The fraction of sp³-hybridized carbons (Fsp3) is 0.471. The van der Waals surface area contributed by atoms with Crippen LogP contribution in [0.15, 0.2) is 18.2 Å². The van der Waals surface area contributed by atoms with Crippen LogP contribution >= 0.6 is 0 Å². The van der Waals surface area contributed by atoms with Crippen molar-refractivity contribution in [3.05, 3.63) is 18.2 Å². The van der Waals surface area contributed by atoms with E-state index in [1.54, 1.807) is 25.3 Å². The summed E-state index contributed by atoms with van der Waals surface area (Å²) in [5.41, 5.74) is 0.503. The number of benzene rings is 1. The van der Waals surface area contributed by atoms with E-state index < -0.39 is 12.0 Å². The number of carbonyl (C=O) groups is 3. The third-order valence-corrected chi connectivity index (χ3v) is 4.22. The summed E-state index contributed by atoms with van der Waals surface area (Å²) in [5.74, 6) is 0.0489. The van der Waals surface area contributed by atoms with Crippen molar-refractivity contribution >= 4 is 23.5 Å². The Kier molecular flexibility index (Phi) is 6.79. The lowest BCUT2D eigenvalue weighted by Gasteiger charge is -2.30. The summed E-state index contributed by atoms with van der Waals surface area (Å²) in [4.78, 5) is 36.8. The normalized spacial score (nSPS) is 19.3. The van der Waals surface area contributed by atoms with Gasteiger partial charge in [0.15, 0.2) is 12.6 Å². The van der Waals surface area contributed by atoms with E-state index in [4.69, 9.17) is 9.47 Å². The van der Waals surface area contributed by atoms with Crippen LogP contribution in [0.4, 0.5) is 5.69 Å². The van der Waals surface area contributed by atoms with Crippen LogP contribution in [0, 0.1) is 0 Å². The van der Waals surface area contributed by atoms with Crippen molar-refractivity contribution in [2.24, 2.45) is 0 Å². The molecule has 1 heterocycles. The molecule has 26 heavy (non-hydrogen) atoms. The highest BCUT2D eigenvalue weighted by Crippen LogP contribution is 2.28. The molecule has 1 aromatic carbocycles. The van der Waals surface area contributed by atoms with Crippen molar-refractivity contribution in [2.75, 3.05) is 46.3 Å². The number of methoxy groups -OCH3 is 3. The lowest BCUT2D eigenvalue weighted by molar-refractivity contribution is -0.909. The number of anilines is 1. The van der Waals surface area contributed by atoms with Crippen molar-refractivity contribution in [1.29, 1.82) is 0 Å². The molecule has 9 heteroatoms. The number of ether oxygens (including phenoxy) is 3. The second kappa shape index (κ2) is 9.04. The maximum atomic E-state index is 12.4. The molecule has 2 atom stereocenters. The Morgan fingerprint density at radius 3 is 2.69 bits per heavy atom. The van der Waals surface area contributed by atoms with Gasteiger partial charge in [-0.1, -0.05) is 0 Å². The van der Waals surface area contributed by atoms with Gasteiger partial charge in [0.2, 0.25) is 0 Å². The van der Waals surface area contributed by atoms with E-state index in [2.05, 4.69) is 15.4 Å². The molecule has 0 aromatic heterocycles. The Labute approximate surface area is 151 Å². The van der Waals surface area contributed by atoms with Crippen LogP contribution in [0.1, 0.15) is 6.42 Å². The summed E-state index contributed by atoms with van der Waals surface area (Å²) in [6.45, 7) is 1.04. The maximum absolute atomic E-state index is 12.4. The summed E-state index contributed by atoms with van der Waals surface area (Å²) >= 11 is 0. The molecule has 3 N–H and O–H groups in total. The van der Waals surface area contributed by atoms with Gasteiger partial charge in [-0.05, 0) is 12.1 Å². The molecular formula is C17H24N3O6+. The average Bonchev–Trinajstić information content (AvgIpc) is 2.64. The number of hydrogen-bond donors (Lipinski definition) is 3. The van der Waals surface area contributed by atoms with Crippen molar-refractivity contribution in [2.45, 2.75) is 12.5 Å². The predicted octanol–water partition coefficient (Wildman–Crippen LogP) is -1.41. The molecule has 0 spiro atoms. The van der Waals surface area contributed by atoms with Gasteiger partial charge in [0.05, 0.1) is 40.1 Å². The first-order valence-electron chi connectivity index (χ1n) is 8.19. The van der Waals surface area contributed by atoms with Gasteiger partial charge in [0, 0.05) is 6.07 Å². The number of rotatable bonds is 7. The summed E-state index contributed by atoms with van der Waals surface area (Å²) in [6, 6.07) is 4.40. The second-order valence-corrected chi connectivity index (χ2v) is 5.82. The maximum Gasteiger partial charge on any atom is 0.312 e. The van der Waals surface area contributed by atoms with Crippen molar-refractivity contribution in [3.63, 3.8) is 0 Å². The van der Waals surface area contributed by atoms with Gasteiger partial charge < -0.3 is 29.7 Å². The lowest BCUT2D eigenvalue weighted by atomic mass is 10.1. The number of quaternary nitrogens is 1. The first kappa shape index (κ1) is 19.5. The topological polar surface area (TPSA) is 107 Å². The molecular weight excluding hydrogens is 342 g/mol. The molecule has 1 unspecified atom stereocenters. The van der Waals surface area contributed by atoms with Crippen LogP contribution in [-0.4, -0.2) is 64.8 Å². The molecule has 2 rings (SSSR count). The van der Waals surface area contributed by atoms with Gasteiger partial charge in [0.25, 0.3) is 11.8 Å². The van der Waals surface area contributed by atoms with E-state index in [1.807, 2.05) is 0 Å². The second-order valence-electron chi connectivity index (χ2n) is 5.82. The molecule has 0 aliphatic carbocycles. The first-order valence-corrected chi connectivity index (χ1v) is 8.19. The SMILES string of the molecule is COC(=O)C[C@@H]1C(=O)NCC[NH+]1CC(=O)Nc1ccc(OC)cc1OC. The Morgan fingerprint density at radius 1 is 1.27 bits per heavy atom. The van der Waals surface area contributed by atoms with Crippen LogP contribution < -0.4 is 25.0 Å². The van der Waals surface area contributed by atoms with Gasteiger partial charge in [-0.2, -0.15) is 0 Å². The molecule has 1 aromatic rings. The third-order valence-electron chi connectivity index (χ3n) is 4.22. The van der Waals surface area contributed by atoms with Gasteiger partial charge in [-0.25, -0.2) is 0 Å². The number of amides is 2. The highest BCUT2D eigenvalue weighted by Gasteiger charge is 2.36. The number of piperazine rings is 1. The fourth-order valence-corrected chi connectivity index (χ4v) is 2.83. The van der Waals surface area contributed by atoms with Crippen LogP contribution in [0.25, 0.3) is 0 Å². The standard InChI is InChI=1S/C17H23N3O6/c1-24-11-4-5-12(14(8-11)25-2)19-15(21)10-20-7-6-18-17(23)13(20)9-16(22)26-3/h4-5,8,13H,6-7,9-10H2,1-3H3,(H,18,23)(H,19,21)/p+1/t13-/m1/s1. The number of hydrogen-bond acceptors (Lipinski definition) is 6. The Hall–Kier alpha value is -2.81. The van der Waals surface area contributed by atoms with Crippen molar-refractivity contribution in [1.82, 2.24) is 5.32 Å². The average molecular weight is 366 g/mol.